The Morgan fingerprint density at radius 3 is 2.04 bits per heavy atom. The number of amides is 2. The Kier molecular flexibility index (Phi) is 6.55. The van der Waals surface area contributed by atoms with Gasteiger partial charge in [-0.3, -0.25) is 9.59 Å². The van der Waals surface area contributed by atoms with Crippen LogP contribution in [0.5, 0.6) is 0 Å². The van der Waals surface area contributed by atoms with E-state index in [1.165, 1.54) is 0 Å². The molecule has 126 valence electrons. The summed E-state index contributed by atoms with van der Waals surface area (Å²) in [4.78, 5) is 26.4. The lowest BCUT2D eigenvalue weighted by Crippen LogP contribution is -2.47. The van der Waals surface area contributed by atoms with E-state index in [1.807, 2.05) is 67.6 Å². The summed E-state index contributed by atoms with van der Waals surface area (Å²) < 4.78 is 0. The number of carbonyl (C=O) groups is 2. The molecule has 1 N–H and O–H groups in total. The molecule has 2 amide bonds. The number of likely N-dealkylation sites (N-methyl/N-ethyl adjacent to an activating group) is 1. The van der Waals surface area contributed by atoms with Gasteiger partial charge in [-0.25, -0.2) is 0 Å². The minimum atomic E-state index is -0.491. The van der Waals surface area contributed by atoms with Gasteiger partial charge in [0.1, 0.15) is 6.04 Å². The van der Waals surface area contributed by atoms with Crippen LogP contribution in [0.3, 0.4) is 0 Å². The highest BCUT2D eigenvalue weighted by Crippen LogP contribution is 2.06. The van der Waals surface area contributed by atoms with E-state index in [0.717, 1.165) is 11.1 Å². The van der Waals surface area contributed by atoms with Crippen LogP contribution >= 0.6 is 0 Å². The molecular weight excluding hydrogens is 300 g/mol. The van der Waals surface area contributed by atoms with Crippen LogP contribution in [-0.4, -0.2) is 29.8 Å². The summed E-state index contributed by atoms with van der Waals surface area (Å²) in [5.74, 6) is -0.197. The third-order valence-corrected chi connectivity index (χ3v) is 3.89. The molecule has 0 aliphatic rings. The summed E-state index contributed by atoms with van der Waals surface area (Å²) in [5, 5.41) is 2.85. The van der Waals surface area contributed by atoms with E-state index in [9.17, 15) is 9.59 Å². The Morgan fingerprint density at radius 1 is 0.958 bits per heavy atom. The average molecular weight is 324 g/mol. The van der Waals surface area contributed by atoms with E-state index in [1.54, 1.807) is 11.9 Å². The zero-order chi connectivity index (χ0) is 17.4. The highest BCUT2D eigenvalue weighted by molar-refractivity contribution is 5.88. The average Bonchev–Trinajstić information content (AvgIpc) is 2.60. The third kappa shape index (κ3) is 5.23. The standard InChI is InChI=1S/C20H24N2O2/c1-3-18(21-19(23)14-16-10-6-4-7-11-16)20(24)22(2)15-17-12-8-5-9-13-17/h4-13,18H,3,14-15H2,1-2H3,(H,21,23). The molecule has 4 heteroatoms. The molecule has 24 heavy (non-hydrogen) atoms. The first-order valence-electron chi connectivity index (χ1n) is 8.22. The molecular formula is C20H24N2O2. The second-order valence-electron chi connectivity index (χ2n) is 5.87. The van der Waals surface area contributed by atoms with E-state index in [2.05, 4.69) is 5.32 Å². The summed E-state index contributed by atoms with van der Waals surface area (Å²) in [6.45, 7) is 2.44. The van der Waals surface area contributed by atoms with Crippen LogP contribution < -0.4 is 5.32 Å². The molecule has 0 aliphatic carbocycles. The van der Waals surface area contributed by atoms with Gasteiger partial charge in [0.2, 0.25) is 11.8 Å². The number of hydrogen-bond donors (Lipinski definition) is 1. The summed E-state index contributed by atoms with van der Waals surface area (Å²) in [6, 6.07) is 18.9. The molecule has 2 aromatic rings. The second-order valence-corrected chi connectivity index (χ2v) is 5.87. The largest absolute Gasteiger partial charge is 0.344 e. The number of nitrogens with zero attached hydrogens (tertiary/aromatic N) is 1. The van der Waals surface area contributed by atoms with Crippen molar-refractivity contribution >= 4 is 11.8 Å². The summed E-state index contributed by atoms with van der Waals surface area (Å²) >= 11 is 0. The van der Waals surface area contributed by atoms with E-state index in [4.69, 9.17) is 0 Å². The van der Waals surface area contributed by atoms with Crippen LogP contribution in [-0.2, 0) is 22.6 Å². The maximum Gasteiger partial charge on any atom is 0.245 e. The zero-order valence-electron chi connectivity index (χ0n) is 14.2. The van der Waals surface area contributed by atoms with Crippen LogP contribution in [0.1, 0.15) is 24.5 Å². The normalized spacial score (nSPS) is 11.6. The molecule has 0 spiro atoms. The van der Waals surface area contributed by atoms with Crippen molar-refractivity contribution in [3.05, 3.63) is 71.8 Å². The van der Waals surface area contributed by atoms with Gasteiger partial charge in [-0.05, 0) is 17.5 Å². The molecule has 0 saturated heterocycles. The van der Waals surface area contributed by atoms with E-state index < -0.39 is 6.04 Å². The zero-order valence-corrected chi connectivity index (χ0v) is 14.2. The first-order chi connectivity index (χ1) is 11.6. The molecule has 0 radical (unpaired) electrons. The first kappa shape index (κ1) is 17.7. The van der Waals surface area contributed by atoms with E-state index in [0.29, 0.717) is 13.0 Å². The number of nitrogens with one attached hydrogen (secondary N) is 1. The molecule has 0 heterocycles. The van der Waals surface area contributed by atoms with Crippen molar-refractivity contribution in [2.45, 2.75) is 32.4 Å². The summed E-state index contributed by atoms with van der Waals surface area (Å²) in [7, 11) is 1.77. The SMILES string of the molecule is CCC(NC(=O)Cc1ccccc1)C(=O)N(C)Cc1ccccc1. The Morgan fingerprint density at radius 2 is 1.50 bits per heavy atom. The molecule has 1 unspecified atom stereocenters. The molecule has 1 atom stereocenters. The fourth-order valence-corrected chi connectivity index (χ4v) is 2.57. The predicted molar refractivity (Wildman–Crippen MR) is 95.3 cm³/mol. The molecule has 2 aromatic carbocycles. The van der Waals surface area contributed by atoms with Gasteiger partial charge in [0, 0.05) is 13.6 Å². The lowest BCUT2D eigenvalue weighted by Gasteiger charge is -2.24. The minimum absolute atomic E-state index is 0.0669. The fraction of sp³-hybridized carbons (Fsp3) is 0.300. The number of rotatable bonds is 7. The third-order valence-electron chi connectivity index (χ3n) is 3.89. The van der Waals surface area contributed by atoms with Crippen molar-refractivity contribution in [2.75, 3.05) is 7.05 Å². The van der Waals surface area contributed by atoms with Crippen molar-refractivity contribution in [3.8, 4) is 0 Å². The topological polar surface area (TPSA) is 49.4 Å². The van der Waals surface area contributed by atoms with Gasteiger partial charge >= 0.3 is 0 Å². The lowest BCUT2D eigenvalue weighted by molar-refractivity contribution is -0.135. The maximum atomic E-state index is 12.6. The van der Waals surface area contributed by atoms with Crippen LogP contribution in [0.4, 0.5) is 0 Å². The van der Waals surface area contributed by atoms with Crippen LogP contribution in [0.15, 0.2) is 60.7 Å². The lowest BCUT2D eigenvalue weighted by atomic mass is 10.1. The Bertz CT molecular complexity index is 656. The molecule has 2 rings (SSSR count). The number of carbonyl (C=O) groups excluding carboxylic acids is 2. The van der Waals surface area contributed by atoms with Gasteiger partial charge in [-0.2, -0.15) is 0 Å². The molecule has 0 fully saturated rings. The predicted octanol–water partition coefficient (Wildman–Crippen LogP) is 2.78. The van der Waals surface area contributed by atoms with Crippen molar-refractivity contribution in [1.82, 2.24) is 10.2 Å². The monoisotopic (exact) mass is 324 g/mol. The fourth-order valence-electron chi connectivity index (χ4n) is 2.57. The Hall–Kier alpha value is -2.62. The van der Waals surface area contributed by atoms with Gasteiger partial charge in [0.15, 0.2) is 0 Å². The van der Waals surface area contributed by atoms with Gasteiger partial charge in [0.05, 0.1) is 6.42 Å². The van der Waals surface area contributed by atoms with Crippen molar-refractivity contribution < 1.29 is 9.59 Å². The smallest absolute Gasteiger partial charge is 0.245 e. The van der Waals surface area contributed by atoms with Gasteiger partial charge in [-0.1, -0.05) is 67.6 Å². The van der Waals surface area contributed by atoms with Crippen molar-refractivity contribution in [3.63, 3.8) is 0 Å². The molecule has 4 nitrogen and oxygen atoms in total. The molecule has 0 bridgehead atoms. The van der Waals surface area contributed by atoms with E-state index in [-0.39, 0.29) is 18.2 Å². The Balaban J connectivity index is 1.91. The van der Waals surface area contributed by atoms with Gasteiger partial charge in [-0.15, -0.1) is 0 Å². The van der Waals surface area contributed by atoms with Crippen molar-refractivity contribution in [1.29, 1.82) is 0 Å². The maximum absolute atomic E-state index is 12.6. The van der Waals surface area contributed by atoms with Crippen LogP contribution in [0.25, 0.3) is 0 Å². The van der Waals surface area contributed by atoms with Gasteiger partial charge < -0.3 is 10.2 Å². The molecule has 0 aliphatic heterocycles. The van der Waals surface area contributed by atoms with Crippen LogP contribution in [0, 0.1) is 0 Å². The number of hydrogen-bond acceptors (Lipinski definition) is 2. The Labute approximate surface area is 143 Å². The quantitative estimate of drug-likeness (QED) is 0.851. The second kappa shape index (κ2) is 8.87. The molecule has 0 aromatic heterocycles. The summed E-state index contributed by atoms with van der Waals surface area (Å²) in [5.41, 5.74) is 2.01. The highest BCUT2D eigenvalue weighted by Gasteiger charge is 2.22. The van der Waals surface area contributed by atoms with E-state index >= 15 is 0 Å². The molecule has 0 saturated carbocycles. The minimum Gasteiger partial charge on any atom is -0.344 e. The first-order valence-corrected chi connectivity index (χ1v) is 8.22. The summed E-state index contributed by atoms with van der Waals surface area (Å²) in [6.07, 6.45) is 0.853. The van der Waals surface area contributed by atoms with Gasteiger partial charge in [0.25, 0.3) is 0 Å². The van der Waals surface area contributed by atoms with Crippen LogP contribution in [0.2, 0.25) is 0 Å². The number of benzene rings is 2. The highest BCUT2D eigenvalue weighted by atomic mass is 16.2. The van der Waals surface area contributed by atoms with Crippen molar-refractivity contribution in [2.24, 2.45) is 0 Å².